The molecule has 1 aromatic carbocycles. The molecule has 0 aliphatic rings. The molecule has 0 radical (unpaired) electrons. The van der Waals surface area contributed by atoms with Crippen molar-refractivity contribution < 1.29 is 16.8 Å². The Bertz CT molecular complexity index is 669. The van der Waals surface area contributed by atoms with Gasteiger partial charge in [-0.15, -0.1) is 0 Å². The van der Waals surface area contributed by atoms with Gasteiger partial charge in [0.25, 0.3) is 0 Å². The van der Waals surface area contributed by atoms with E-state index in [2.05, 4.69) is 10.0 Å². The van der Waals surface area contributed by atoms with Crippen molar-refractivity contribution in [3.8, 4) is 0 Å². The van der Waals surface area contributed by atoms with Gasteiger partial charge in [0.15, 0.2) is 9.84 Å². The zero-order valence-corrected chi connectivity index (χ0v) is 13.0. The number of sulfone groups is 1. The minimum Gasteiger partial charge on any atom is -0.396 e. The number of rotatable bonds is 7. The molecule has 0 aromatic heterocycles. The van der Waals surface area contributed by atoms with Crippen LogP contribution in [0.5, 0.6) is 0 Å². The second-order valence-electron chi connectivity index (χ2n) is 4.23. The smallest absolute Gasteiger partial charge is 0.213 e. The lowest BCUT2D eigenvalue weighted by Crippen LogP contribution is -2.29. The third-order valence-corrected chi connectivity index (χ3v) is 5.14. The first-order valence-electron chi connectivity index (χ1n) is 5.97. The Morgan fingerprint density at radius 3 is 2.40 bits per heavy atom. The average molecular weight is 321 g/mol. The van der Waals surface area contributed by atoms with E-state index in [9.17, 15) is 16.8 Å². The van der Waals surface area contributed by atoms with Gasteiger partial charge >= 0.3 is 0 Å². The normalized spacial score (nSPS) is 12.3. The van der Waals surface area contributed by atoms with Crippen LogP contribution in [0.2, 0.25) is 0 Å². The predicted octanol–water partition coefficient (Wildman–Crippen LogP) is 0.0235. The van der Waals surface area contributed by atoms with Crippen LogP contribution in [0.1, 0.15) is 6.92 Å². The molecule has 0 aliphatic carbocycles. The summed E-state index contributed by atoms with van der Waals surface area (Å²) in [5.74, 6) is -0.122. The lowest BCUT2D eigenvalue weighted by molar-refractivity contribution is 0.584. The zero-order valence-electron chi connectivity index (χ0n) is 11.4. The van der Waals surface area contributed by atoms with E-state index in [0.29, 0.717) is 12.2 Å². The van der Waals surface area contributed by atoms with E-state index in [1.807, 2.05) is 0 Å². The summed E-state index contributed by atoms with van der Waals surface area (Å²) >= 11 is 0. The van der Waals surface area contributed by atoms with Gasteiger partial charge in [0.1, 0.15) is 0 Å². The van der Waals surface area contributed by atoms with Crippen molar-refractivity contribution in [2.45, 2.75) is 11.8 Å². The summed E-state index contributed by atoms with van der Waals surface area (Å²) in [5, 5.41) is 2.83. The average Bonchev–Trinajstić information content (AvgIpc) is 2.29. The van der Waals surface area contributed by atoms with Crippen LogP contribution < -0.4 is 15.8 Å². The Balaban J connectivity index is 2.81. The molecule has 0 saturated heterocycles. The molecule has 20 heavy (non-hydrogen) atoms. The van der Waals surface area contributed by atoms with Gasteiger partial charge in [-0.25, -0.2) is 21.6 Å². The third kappa shape index (κ3) is 4.66. The topological polar surface area (TPSA) is 118 Å². The molecule has 1 rings (SSSR count). The molecule has 4 N–H and O–H groups in total. The van der Waals surface area contributed by atoms with Gasteiger partial charge in [0.2, 0.25) is 10.0 Å². The highest BCUT2D eigenvalue weighted by Crippen LogP contribution is 2.26. The number of anilines is 2. The van der Waals surface area contributed by atoms with E-state index >= 15 is 0 Å². The molecule has 0 aliphatic heterocycles. The fourth-order valence-electron chi connectivity index (χ4n) is 1.63. The Morgan fingerprint density at radius 1 is 1.20 bits per heavy atom. The van der Waals surface area contributed by atoms with Crippen LogP contribution in [0.15, 0.2) is 23.1 Å². The number of hydrogen-bond donors (Lipinski definition) is 3. The SMILES string of the molecule is CCNS(=O)(=O)CCNc1cccc(S(C)(=O)=O)c1N. The van der Waals surface area contributed by atoms with Crippen molar-refractivity contribution in [3.05, 3.63) is 18.2 Å². The first-order valence-corrected chi connectivity index (χ1v) is 9.51. The summed E-state index contributed by atoms with van der Waals surface area (Å²) in [7, 11) is -6.74. The van der Waals surface area contributed by atoms with Gasteiger partial charge in [0, 0.05) is 19.3 Å². The maximum absolute atomic E-state index is 11.5. The van der Waals surface area contributed by atoms with Gasteiger partial charge in [0.05, 0.1) is 22.0 Å². The van der Waals surface area contributed by atoms with E-state index in [-0.39, 0.29) is 22.9 Å². The molecule has 0 fully saturated rings. The van der Waals surface area contributed by atoms with Crippen LogP contribution in [0.4, 0.5) is 11.4 Å². The largest absolute Gasteiger partial charge is 0.396 e. The zero-order chi connectivity index (χ0) is 15.4. The molecule has 0 spiro atoms. The second-order valence-corrected chi connectivity index (χ2v) is 8.14. The Morgan fingerprint density at radius 2 is 1.85 bits per heavy atom. The summed E-state index contributed by atoms with van der Waals surface area (Å²) in [6, 6.07) is 4.56. The maximum atomic E-state index is 11.5. The summed E-state index contributed by atoms with van der Waals surface area (Å²) in [5.41, 5.74) is 6.27. The van der Waals surface area contributed by atoms with Crippen molar-refractivity contribution in [2.24, 2.45) is 0 Å². The molecule has 0 atom stereocenters. The number of para-hydroxylation sites is 1. The molecule has 114 valence electrons. The van der Waals surface area contributed by atoms with Gasteiger partial charge < -0.3 is 11.1 Å². The summed E-state index contributed by atoms with van der Waals surface area (Å²) in [6.07, 6.45) is 1.07. The van der Waals surface area contributed by atoms with Crippen LogP contribution in [0.3, 0.4) is 0 Å². The first kappa shape index (κ1) is 16.7. The van der Waals surface area contributed by atoms with Gasteiger partial charge in [-0.05, 0) is 12.1 Å². The van der Waals surface area contributed by atoms with E-state index in [4.69, 9.17) is 5.73 Å². The molecular weight excluding hydrogens is 302 g/mol. The molecular formula is C11H19N3O4S2. The number of benzene rings is 1. The van der Waals surface area contributed by atoms with Crippen LogP contribution >= 0.6 is 0 Å². The summed E-state index contributed by atoms with van der Waals surface area (Å²) in [4.78, 5) is 0.0250. The van der Waals surface area contributed by atoms with E-state index < -0.39 is 19.9 Å². The number of nitrogen functional groups attached to an aromatic ring is 1. The highest BCUT2D eigenvalue weighted by atomic mass is 32.2. The highest BCUT2D eigenvalue weighted by Gasteiger charge is 2.14. The van der Waals surface area contributed by atoms with Crippen LogP contribution in [0.25, 0.3) is 0 Å². The predicted molar refractivity (Wildman–Crippen MR) is 79.9 cm³/mol. The van der Waals surface area contributed by atoms with Crippen molar-refractivity contribution >= 4 is 31.2 Å². The van der Waals surface area contributed by atoms with Gasteiger partial charge in [-0.2, -0.15) is 0 Å². The standard InChI is InChI=1S/C11H19N3O4S2/c1-3-14-20(17,18)8-7-13-9-5-4-6-10(11(9)12)19(2,15)16/h4-6,13-14H,3,7-8,12H2,1-2H3. The monoisotopic (exact) mass is 321 g/mol. The van der Waals surface area contributed by atoms with E-state index in [1.54, 1.807) is 19.1 Å². The minimum absolute atomic E-state index is 0.0250. The lowest BCUT2D eigenvalue weighted by atomic mass is 10.2. The van der Waals surface area contributed by atoms with E-state index in [0.717, 1.165) is 6.26 Å². The first-order chi connectivity index (χ1) is 9.17. The molecule has 7 nitrogen and oxygen atoms in total. The highest BCUT2D eigenvalue weighted by molar-refractivity contribution is 7.91. The molecule has 0 saturated carbocycles. The Kier molecular flexibility index (Phi) is 5.37. The third-order valence-electron chi connectivity index (χ3n) is 2.52. The Labute approximate surface area is 119 Å². The quantitative estimate of drug-likeness (QED) is 0.609. The molecule has 1 aromatic rings. The van der Waals surface area contributed by atoms with Crippen LogP contribution in [-0.2, 0) is 19.9 Å². The number of hydrogen-bond acceptors (Lipinski definition) is 6. The maximum Gasteiger partial charge on any atom is 0.213 e. The van der Waals surface area contributed by atoms with Crippen molar-refractivity contribution in [1.29, 1.82) is 0 Å². The van der Waals surface area contributed by atoms with Crippen molar-refractivity contribution in [2.75, 3.05) is 36.1 Å². The molecule has 0 heterocycles. The fraction of sp³-hybridized carbons (Fsp3) is 0.455. The minimum atomic E-state index is -3.41. The fourth-order valence-corrected chi connectivity index (χ4v) is 3.42. The molecule has 0 unspecified atom stereocenters. The van der Waals surface area contributed by atoms with Crippen molar-refractivity contribution in [3.63, 3.8) is 0 Å². The van der Waals surface area contributed by atoms with Crippen LogP contribution in [0, 0.1) is 0 Å². The molecule has 0 bridgehead atoms. The number of sulfonamides is 1. The molecule has 0 amide bonds. The number of nitrogens with one attached hydrogen (secondary N) is 2. The second kappa shape index (κ2) is 6.42. The van der Waals surface area contributed by atoms with E-state index in [1.165, 1.54) is 6.07 Å². The van der Waals surface area contributed by atoms with Gasteiger partial charge in [-0.1, -0.05) is 13.0 Å². The summed E-state index contributed by atoms with van der Waals surface area (Å²) < 4.78 is 48.3. The van der Waals surface area contributed by atoms with Crippen molar-refractivity contribution in [1.82, 2.24) is 4.72 Å². The Hall–Kier alpha value is -1.32. The van der Waals surface area contributed by atoms with Crippen LogP contribution in [-0.4, -0.2) is 41.9 Å². The summed E-state index contributed by atoms with van der Waals surface area (Å²) in [6.45, 7) is 2.15. The van der Waals surface area contributed by atoms with Gasteiger partial charge in [-0.3, -0.25) is 0 Å². The number of nitrogens with two attached hydrogens (primary N) is 1. The molecule has 9 heteroatoms. The lowest BCUT2D eigenvalue weighted by Gasteiger charge is -2.12.